The zero-order chi connectivity index (χ0) is 13.9. The van der Waals surface area contributed by atoms with Crippen molar-refractivity contribution in [3.05, 3.63) is 22.7 Å². The molecule has 0 fully saturated rings. The quantitative estimate of drug-likeness (QED) is 0.658. The van der Waals surface area contributed by atoms with E-state index in [4.69, 9.17) is 9.47 Å². The third-order valence-corrected chi connectivity index (χ3v) is 3.50. The van der Waals surface area contributed by atoms with Gasteiger partial charge in [-0.3, -0.25) is 0 Å². The fraction of sp³-hybridized carbons (Fsp3) is 0.600. The van der Waals surface area contributed by atoms with Crippen molar-refractivity contribution < 1.29 is 9.47 Å². The lowest BCUT2D eigenvalue weighted by Crippen LogP contribution is -2.22. The number of unbranched alkanes of at least 4 members (excludes halogenated alkanes) is 3. The molecule has 108 valence electrons. The molecule has 1 aromatic rings. The molecule has 0 radical (unpaired) electrons. The van der Waals surface area contributed by atoms with Gasteiger partial charge in [-0.2, -0.15) is 0 Å². The lowest BCUT2D eigenvalue weighted by Gasteiger charge is -2.10. The second-order valence-electron chi connectivity index (χ2n) is 4.46. The maximum atomic E-state index is 5.70. The highest BCUT2D eigenvalue weighted by Crippen LogP contribution is 2.28. The summed E-state index contributed by atoms with van der Waals surface area (Å²) in [6, 6.07) is 5.73. The topological polar surface area (TPSA) is 30.5 Å². The van der Waals surface area contributed by atoms with E-state index in [-0.39, 0.29) is 0 Å². The van der Waals surface area contributed by atoms with Crippen LogP contribution in [-0.2, 0) is 0 Å². The predicted molar refractivity (Wildman–Crippen MR) is 83.2 cm³/mol. The van der Waals surface area contributed by atoms with Crippen molar-refractivity contribution in [2.45, 2.75) is 32.6 Å². The minimum absolute atomic E-state index is 0.679. The van der Waals surface area contributed by atoms with Crippen LogP contribution < -0.4 is 14.8 Å². The summed E-state index contributed by atoms with van der Waals surface area (Å²) in [4.78, 5) is 0. The minimum Gasteiger partial charge on any atom is -0.497 e. The Balaban J connectivity index is 2.12. The lowest BCUT2D eigenvalue weighted by molar-refractivity contribution is 0.311. The van der Waals surface area contributed by atoms with Crippen molar-refractivity contribution in [3.63, 3.8) is 0 Å². The van der Waals surface area contributed by atoms with Gasteiger partial charge in [-0.1, -0.05) is 26.2 Å². The first-order valence-electron chi connectivity index (χ1n) is 6.95. The normalized spacial score (nSPS) is 10.5. The number of hydrogen-bond acceptors (Lipinski definition) is 3. The van der Waals surface area contributed by atoms with Crippen LogP contribution in [-0.4, -0.2) is 26.8 Å². The lowest BCUT2D eigenvalue weighted by atomic mass is 10.2. The number of halogens is 1. The van der Waals surface area contributed by atoms with Crippen molar-refractivity contribution in [3.8, 4) is 11.5 Å². The van der Waals surface area contributed by atoms with E-state index in [1.54, 1.807) is 7.11 Å². The van der Waals surface area contributed by atoms with Gasteiger partial charge in [0.05, 0.1) is 11.6 Å². The fourth-order valence-corrected chi connectivity index (χ4v) is 2.23. The standard InChI is InChI=1S/C15H24BrNO2/c1-3-4-5-6-9-17-10-11-19-15-8-7-13(18-2)12-14(15)16/h7-8,12,17H,3-6,9-11H2,1-2H3. The second-order valence-corrected chi connectivity index (χ2v) is 5.31. The summed E-state index contributed by atoms with van der Waals surface area (Å²) in [5.41, 5.74) is 0. The van der Waals surface area contributed by atoms with Gasteiger partial charge < -0.3 is 14.8 Å². The van der Waals surface area contributed by atoms with Gasteiger partial charge in [0.25, 0.3) is 0 Å². The second kappa shape index (κ2) is 10.1. The Kier molecular flexibility index (Phi) is 8.67. The average Bonchev–Trinajstić information content (AvgIpc) is 2.43. The highest BCUT2D eigenvalue weighted by molar-refractivity contribution is 9.10. The van der Waals surface area contributed by atoms with E-state index in [9.17, 15) is 0 Å². The summed E-state index contributed by atoms with van der Waals surface area (Å²) in [5, 5.41) is 3.39. The zero-order valence-corrected chi connectivity index (χ0v) is 13.5. The van der Waals surface area contributed by atoms with Crippen LogP contribution in [0.15, 0.2) is 22.7 Å². The third-order valence-electron chi connectivity index (χ3n) is 2.88. The van der Waals surface area contributed by atoms with E-state index in [1.807, 2.05) is 18.2 Å². The first-order valence-corrected chi connectivity index (χ1v) is 7.74. The van der Waals surface area contributed by atoms with Crippen molar-refractivity contribution in [1.82, 2.24) is 5.32 Å². The molecule has 0 spiro atoms. The first-order chi connectivity index (χ1) is 9.27. The molecule has 0 saturated heterocycles. The Bertz CT molecular complexity index is 358. The molecule has 3 nitrogen and oxygen atoms in total. The highest BCUT2D eigenvalue weighted by atomic mass is 79.9. The predicted octanol–water partition coefficient (Wildman–Crippen LogP) is 4.01. The maximum Gasteiger partial charge on any atom is 0.133 e. The van der Waals surface area contributed by atoms with Gasteiger partial charge >= 0.3 is 0 Å². The molecule has 0 aromatic heterocycles. The smallest absolute Gasteiger partial charge is 0.133 e. The summed E-state index contributed by atoms with van der Waals surface area (Å²) in [5.74, 6) is 1.68. The summed E-state index contributed by atoms with van der Waals surface area (Å²) in [7, 11) is 1.66. The molecule has 1 N–H and O–H groups in total. The Morgan fingerprint density at radius 1 is 1.16 bits per heavy atom. The van der Waals surface area contributed by atoms with Crippen LogP contribution in [0.3, 0.4) is 0 Å². The van der Waals surface area contributed by atoms with Gasteiger partial charge in [0.2, 0.25) is 0 Å². The molecular weight excluding hydrogens is 306 g/mol. The largest absolute Gasteiger partial charge is 0.497 e. The number of rotatable bonds is 10. The molecule has 0 aliphatic heterocycles. The molecule has 19 heavy (non-hydrogen) atoms. The van der Waals surface area contributed by atoms with Crippen molar-refractivity contribution in [2.24, 2.45) is 0 Å². The fourth-order valence-electron chi connectivity index (χ4n) is 1.76. The summed E-state index contributed by atoms with van der Waals surface area (Å²) in [6.07, 6.45) is 5.18. The van der Waals surface area contributed by atoms with Gasteiger partial charge in [-0.25, -0.2) is 0 Å². The van der Waals surface area contributed by atoms with E-state index >= 15 is 0 Å². The summed E-state index contributed by atoms with van der Waals surface area (Å²) < 4.78 is 11.8. The average molecular weight is 330 g/mol. The van der Waals surface area contributed by atoms with Gasteiger partial charge in [-0.05, 0) is 47.1 Å². The first kappa shape index (κ1) is 16.3. The van der Waals surface area contributed by atoms with Gasteiger partial charge in [0.15, 0.2) is 0 Å². The third kappa shape index (κ3) is 6.83. The molecule has 1 aromatic carbocycles. The van der Waals surface area contributed by atoms with Crippen LogP contribution in [0.2, 0.25) is 0 Å². The molecule has 0 aliphatic carbocycles. The Hall–Kier alpha value is -0.740. The van der Waals surface area contributed by atoms with E-state index in [2.05, 4.69) is 28.2 Å². The van der Waals surface area contributed by atoms with Crippen LogP contribution in [0, 0.1) is 0 Å². The Morgan fingerprint density at radius 2 is 2.00 bits per heavy atom. The van der Waals surface area contributed by atoms with E-state index in [0.717, 1.165) is 29.1 Å². The zero-order valence-electron chi connectivity index (χ0n) is 11.9. The molecule has 0 aliphatic rings. The molecule has 0 unspecified atom stereocenters. The number of methoxy groups -OCH3 is 1. The number of hydrogen-bond donors (Lipinski definition) is 1. The summed E-state index contributed by atoms with van der Waals surface area (Å²) >= 11 is 3.47. The number of nitrogens with one attached hydrogen (secondary N) is 1. The SMILES string of the molecule is CCCCCCNCCOc1ccc(OC)cc1Br. The maximum absolute atomic E-state index is 5.70. The van der Waals surface area contributed by atoms with Crippen LogP contribution >= 0.6 is 15.9 Å². The number of ether oxygens (including phenoxy) is 2. The van der Waals surface area contributed by atoms with Crippen LogP contribution in [0.4, 0.5) is 0 Å². The molecule has 0 amide bonds. The molecule has 4 heteroatoms. The van der Waals surface area contributed by atoms with E-state index in [0.29, 0.717) is 6.61 Å². The van der Waals surface area contributed by atoms with Crippen molar-refractivity contribution in [1.29, 1.82) is 0 Å². The van der Waals surface area contributed by atoms with Crippen LogP contribution in [0.5, 0.6) is 11.5 Å². The molecular formula is C15H24BrNO2. The molecule has 0 heterocycles. The number of benzene rings is 1. The highest BCUT2D eigenvalue weighted by Gasteiger charge is 2.02. The minimum atomic E-state index is 0.679. The molecule has 0 saturated carbocycles. The van der Waals surface area contributed by atoms with Gasteiger partial charge in [-0.15, -0.1) is 0 Å². The van der Waals surface area contributed by atoms with Crippen molar-refractivity contribution >= 4 is 15.9 Å². The van der Waals surface area contributed by atoms with E-state index in [1.165, 1.54) is 25.7 Å². The molecule has 0 atom stereocenters. The van der Waals surface area contributed by atoms with Gasteiger partial charge in [0.1, 0.15) is 18.1 Å². The summed E-state index contributed by atoms with van der Waals surface area (Å²) in [6.45, 7) is 4.87. The van der Waals surface area contributed by atoms with Crippen LogP contribution in [0.25, 0.3) is 0 Å². The molecule has 1 rings (SSSR count). The van der Waals surface area contributed by atoms with Gasteiger partial charge in [0, 0.05) is 6.54 Å². The molecule has 0 bridgehead atoms. The van der Waals surface area contributed by atoms with E-state index < -0.39 is 0 Å². The monoisotopic (exact) mass is 329 g/mol. The Labute approximate surface area is 124 Å². The van der Waals surface area contributed by atoms with Crippen molar-refractivity contribution in [2.75, 3.05) is 26.8 Å². The Morgan fingerprint density at radius 3 is 2.68 bits per heavy atom. The van der Waals surface area contributed by atoms with Crippen LogP contribution in [0.1, 0.15) is 32.6 Å².